The Morgan fingerprint density at radius 2 is 2.05 bits per heavy atom. The van der Waals surface area contributed by atoms with Crippen LogP contribution in [0.25, 0.3) is 0 Å². The summed E-state index contributed by atoms with van der Waals surface area (Å²) in [5.41, 5.74) is 5.53. The quantitative estimate of drug-likeness (QED) is 0.896. The molecule has 1 unspecified atom stereocenters. The van der Waals surface area contributed by atoms with Crippen LogP contribution in [-0.4, -0.2) is 13.7 Å². The molecular formula is C18H21NO. The number of hydrogen-bond acceptors (Lipinski definition) is 2. The van der Waals surface area contributed by atoms with Crippen LogP contribution < -0.4 is 10.1 Å². The van der Waals surface area contributed by atoms with Gasteiger partial charge in [-0.05, 0) is 30.5 Å². The maximum absolute atomic E-state index is 5.41. The van der Waals surface area contributed by atoms with Crippen LogP contribution in [0.2, 0.25) is 0 Å². The van der Waals surface area contributed by atoms with Crippen molar-refractivity contribution in [2.45, 2.75) is 25.8 Å². The molecular weight excluding hydrogens is 246 g/mol. The molecule has 0 amide bonds. The highest BCUT2D eigenvalue weighted by Gasteiger charge is 2.24. The first-order valence-electron chi connectivity index (χ1n) is 7.20. The number of ether oxygens (including phenoxy) is 1. The van der Waals surface area contributed by atoms with E-state index in [9.17, 15) is 0 Å². The molecule has 0 heterocycles. The lowest BCUT2D eigenvalue weighted by molar-refractivity contribution is 0.406. The number of aryl methyl sites for hydroxylation is 1. The van der Waals surface area contributed by atoms with Gasteiger partial charge >= 0.3 is 0 Å². The second-order valence-electron chi connectivity index (χ2n) is 5.55. The van der Waals surface area contributed by atoms with Crippen molar-refractivity contribution in [1.29, 1.82) is 0 Å². The van der Waals surface area contributed by atoms with E-state index in [1.807, 2.05) is 6.07 Å². The van der Waals surface area contributed by atoms with Gasteiger partial charge in [-0.1, -0.05) is 42.0 Å². The standard InChI is InChI=1S/C18H21NO/c1-13-7-8-18(20-2)16(9-13)12-19-11-15-10-14-5-3-4-6-17(14)15/h3-9,15,19H,10-12H2,1-2H3. The zero-order valence-corrected chi connectivity index (χ0v) is 12.1. The SMILES string of the molecule is COc1ccc(C)cc1CNCC1Cc2ccccc21. The van der Waals surface area contributed by atoms with Gasteiger partial charge in [-0.15, -0.1) is 0 Å². The second kappa shape index (κ2) is 5.68. The normalized spacial score (nSPS) is 16.4. The molecule has 1 N–H and O–H groups in total. The maximum Gasteiger partial charge on any atom is 0.123 e. The van der Waals surface area contributed by atoms with Crippen molar-refractivity contribution in [3.63, 3.8) is 0 Å². The molecule has 0 bridgehead atoms. The number of rotatable bonds is 5. The van der Waals surface area contributed by atoms with Crippen LogP contribution in [-0.2, 0) is 13.0 Å². The Bertz CT molecular complexity index is 606. The molecule has 20 heavy (non-hydrogen) atoms. The Morgan fingerprint density at radius 1 is 1.20 bits per heavy atom. The fourth-order valence-corrected chi connectivity index (χ4v) is 2.97. The smallest absolute Gasteiger partial charge is 0.123 e. The van der Waals surface area contributed by atoms with Gasteiger partial charge in [-0.2, -0.15) is 0 Å². The Balaban J connectivity index is 1.58. The number of benzene rings is 2. The predicted molar refractivity (Wildman–Crippen MR) is 82.3 cm³/mol. The summed E-state index contributed by atoms with van der Waals surface area (Å²) in [5.74, 6) is 1.64. The third-order valence-electron chi connectivity index (χ3n) is 4.10. The third-order valence-corrected chi connectivity index (χ3v) is 4.10. The van der Waals surface area contributed by atoms with Crippen molar-refractivity contribution in [3.8, 4) is 5.75 Å². The summed E-state index contributed by atoms with van der Waals surface area (Å²) in [6, 6.07) is 15.1. The highest BCUT2D eigenvalue weighted by Crippen LogP contribution is 2.34. The summed E-state index contributed by atoms with van der Waals surface area (Å²) < 4.78 is 5.41. The minimum atomic E-state index is 0.669. The van der Waals surface area contributed by atoms with E-state index < -0.39 is 0 Å². The Morgan fingerprint density at radius 3 is 2.85 bits per heavy atom. The molecule has 0 aromatic heterocycles. The van der Waals surface area contributed by atoms with E-state index in [0.29, 0.717) is 5.92 Å². The molecule has 1 aliphatic carbocycles. The average molecular weight is 267 g/mol. The van der Waals surface area contributed by atoms with E-state index >= 15 is 0 Å². The summed E-state index contributed by atoms with van der Waals surface area (Å²) in [7, 11) is 1.73. The minimum Gasteiger partial charge on any atom is -0.496 e. The van der Waals surface area contributed by atoms with Gasteiger partial charge in [-0.25, -0.2) is 0 Å². The summed E-state index contributed by atoms with van der Waals surface area (Å²) in [4.78, 5) is 0. The van der Waals surface area contributed by atoms with Crippen LogP contribution in [0.4, 0.5) is 0 Å². The lowest BCUT2D eigenvalue weighted by Gasteiger charge is -2.30. The topological polar surface area (TPSA) is 21.3 Å². The zero-order chi connectivity index (χ0) is 13.9. The molecule has 0 saturated heterocycles. The van der Waals surface area contributed by atoms with Gasteiger partial charge in [0, 0.05) is 24.6 Å². The predicted octanol–water partition coefficient (Wildman–Crippen LogP) is 3.43. The lowest BCUT2D eigenvalue weighted by Crippen LogP contribution is -2.28. The molecule has 0 radical (unpaired) electrons. The Hall–Kier alpha value is -1.80. The van der Waals surface area contributed by atoms with Gasteiger partial charge in [0.2, 0.25) is 0 Å². The van der Waals surface area contributed by atoms with E-state index in [4.69, 9.17) is 4.74 Å². The molecule has 0 saturated carbocycles. The molecule has 2 aromatic rings. The lowest BCUT2D eigenvalue weighted by atomic mass is 9.77. The fraction of sp³-hybridized carbons (Fsp3) is 0.333. The van der Waals surface area contributed by atoms with Crippen LogP contribution in [0.1, 0.15) is 28.2 Å². The molecule has 0 aliphatic heterocycles. The first-order valence-corrected chi connectivity index (χ1v) is 7.20. The highest BCUT2D eigenvalue weighted by atomic mass is 16.5. The number of fused-ring (bicyclic) bond motifs is 1. The van der Waals surface area contributed by atoms with Crippen molar-refractivity contribution in [2.75, 3.05) is 13.7 Å². The molecule has 0 spiro atoms. The first kappa shape index (κ1) is 13.2. The molecule has 2 heteroatoms. The van der Waals surface area contributed by atoms with Crippen LogP contribution in [0, 0.1) is 6.92 Å². The molecule has 3 rings (SSSR count). The van der Waals surface area contributed by atoms with E-state index in [-0.39, 0.29) is 0 Å². The third kappa shape index (κ3) is 2.56. The van der Waals surface area contributed by atoms with Crippen molar-refractivity contribution >= 4 is 0 Å². The van der Waals surface area contributed by atoms with Crippen LogP contribution in [0.15, 0.2) is 42.5 Å². The largest absolute Gasteiger partial charge is 0.496 e. The van der Waals surface area contributed by atoms with Crippen molar-refractivity contribution in [1.82, 2.24) is 5.32 Å². The van der Waals surface area contributed by atoms with Crippen LogP contribution >= 0.6 is 0 Å². The van der Waals surface area contributed by atoms with Gasteiger partial charge in [0.1, 0.15) is 5.75 Å². The van der Waals surface area contributed by atoms with Gasteiger partial charge in [0.05, 0.1) is 7.11 Å². The number of methoxy groups -OCH3 is 1. The number of hydrogen-bond donors (Lipinski definition) is 1. The summed E-state index contributed by atoms with van der Waals surface area (Å²) >= 11 is 0. The van der Waals surface area contributed by atoms with Crippen molar-refractivity contribution < 1.29 is 4.74 Å². The summed E-state index contributed by atoms with van der Waals surface area (Å²) in [5, 5.41) is 3.57. The zero-order valence-electron chi connectivity index (χ0n) is 12.1. The fourth-order valence-electron chi connectivity index (χ4n) is 2.97. The van der Waals surface area contributed by atoms with Gasteiger partial charge in [0.25, 0.3) is 0 Å². The first-order chi connectivity index (χ1) is 9.78. The average Bonchev–Trinajstić information content (AvgIpc) is 2.44. The molecule has 104 valence electrons. The van der Waals surface area contributed by atoms with E-state index in [1.54, 1.807) is 7.11 Å². The van der Waals surface area contributed by atoms with E-state index in [1.165, 1.54) is 28.7 Å². The number of nitrogens with one attached hydrogen (secondary N) is 1. The Kier molecular flexibility index (Phi) is 3.75. The van der Waals surface area contributed by atoms with Crippen LogP contribution in [0.3, 0.4) is 0 Å². The summed E-state index contributed by atoms with van der Waals surface area (Å²) in [6.07, 6.45) is 1.20. The molecule has 0 fully saturated rings. The molecule has 2 aromatic carbocycles. The summed E-state index contributed by atoms with van der Waals surface area (Å²) in [6.45, 7) is 4.02. The van der Waals surface area contributed by atoms with Crippen molar-refractivity contribution in [3.05, 3.63) is 64.7 Å². The van der Waals surface area contributed by atoms with E-state index in [0.717, 1.165) is 18.8 Å². The van der Waals surface area contributed by atoms with E-state index in [2.05, 4.69) is 48.6 Å². The van der Waals surface area contributed by atoms with Gasteiger partial charge in [0.15, 0.2) is 0 Å². The maximum atomic E-state index is 5.41. The van der Waals surface area contributed by atoms with Gasteiger partial charge < -0.3 is 10.1 Å². The van der Waals surface area contributed by atoms with Crippen LogP contribution in [0.5, 0.6) is 5.75 Å². The molecule has 1 aliphatic rings. The second-order valence-corrected chi connectivity index (χ2v) is 5.55. The molecule has 2 nitrogen and oxygen atoms in total. The molecule has 1 atom stereocenters. The highest BCUT2D eigenvalue weighted by molar-refractivity contribution is 5.40. The van der Waals surface area contributed by atoms with Crippen molar-refractivity contribution in [2.24, 2.45) is 0 Å². The minimum absolute atomic E-state index is 0.669. The Labute approximate surface area is 120 Å². The van der Waals surface area contributed by atoms with Gasteiger partial charge in [-0.3, -0.25) is 0 Å². The monoisotopic (exact) mass is 267 g/mol.